The van der Waals surface area contributed by atoms with Crippen LogP contribution in [0.1, 0.15) is 19.3 Å². The van der Waals surface area contributed by atoms with Gasteiger partial charge in [0.2, 0.25) is 0 Å². The standard InChI is InChI=1S/C12H20N4O/c13-5-1-9-17-11-3-7-16(8-4-11)12-2-6-14-10-15-12/h2,6,10-11H,1,3-5,7-9,13H2. The van der Waals surface area contributed by atoms with E-state index >= 15 is 0 Å². The minimum absolute atomic E-state index is 0.389. The second-order valence-corrected chi connectivity index (χ2v) is 4.27. The molecule has 2 heterocycles. The highest BCUT2D eigenvalue weighted by Gasteiger charge is 2.20. The van der Waals surface area contributed by atoms with Crippen molar-refractivity contribution >= 4 is 5.82 Å². The molecule has 1 aliphatic heterocycles. The molecule has 5 heteroatoms. The van der Waals surface area contributed by atoms with Crippen LogP contribution in [0.2, 0.25) is 0 Å². The smallest absolute Gasteiger partial charge is 0.131 e. The quantitative estimate of drug-likeness (QED) is 0.766. The zero-order valence-electron chi connectivity index (χ0n) is 10.1. The van der Waals surface area contributed by atoms with E-state index in [1.807, 2.05) is 6.07 Å². The number of hydrogen-bond acceptors (Lipinski definition) is 5. The number of piperidine rings is 1. The molecular weight excluding hydrogens is 216 g/mol. The lowest BCUT2D eigenvalue weighted by Crippen LogP contribution is -2.37. The fraction of sp³-hybridized carbons (Fsp3) is 0.667. The normalized spacial score (nSPS) is 17.4. The lowest BCUT2D eigenvalue weighted by Gasteiger charge is -2.32. The average molecular weight is 236 g/mol. The SMILES string of the molecule is NCCCOC1CCN(c2ccncn2)CC1. The lowest BCUT2D eigenvalue weighted by molar-refractivity contribution is 0.0365. The predicted octanol–water partition coefficient (Wildman–Crippen LogP) is 0.811. The van der Waals surface area contributed by atoms with Gasteiger partial charge in [-0.05, 0) is 31.9 Å². The molecule has 0 aromatic carbocycles. The van der Waals surface area contributed by atoms with Crippen molar-refractivity contribution in [2.24, 2.45) is 5.73 Å². The van der Waals surface area contributed by atoms with Gasteiger partial charge >= 0.3 is 0 Å². The summed E-state index contributed by atoms with van der Waals surface area (Å²) in [6.45, 7) is 3.50. The average Bonchev–Trinajstić information content (AvgIpc) is 2.41. The van der Waals surface area contributed by atoms with Gasteiger partial charge < -0.3 is 15.4 Å². The van der Waals surface area contributed by atoms with Crippen LogP contribution in [0.25, 0.3) is 0 Å². The Hall–Kier alpha value is -1.20. The Morgan fingerprint density at radius 3 is 2.88 bits per heavy atom. The summed E-state index contributed by atoms with van der Waals surface area (Å²) in [5, 5.41) is 0. The van der Waals surface area contributed by atoms with Crippen molar-refractivity contribution in [2.75, 3.05) is 31.1 Å². The highest BCUT2D eigenvalue weighted by molar-refractivity contribution is 5.36. The Labute approximate surface area is 102 Å². The van der Waals surface area contributed by atoms with Crippen molar-refractivity contribution < 1.29 is 4.74 Å². The van der Waals surface area contributed by atoms with Crippen molar-refractivity contribution in [3.8, 4) is 0 Å². The fourth-order valence-corrected chi connectivity index (χ4v) is 2.06. The van der Waals surface area contributed by atoms with Gasteiger partial charge in [0.15, 0.2) is 0 Å². The Morgan fingerprint density at radius 2 is 2.24 bits per heavy atom. The van der Waals surface area contributed by atoms with Crippen LogP contribution >= 0.6 is 0 Å². The third-order valence-corrected chi connectivity index (χ3v) is 3.03. The van der Waals surface area contributed by atoms with Gasteiger partial charge in [-0.15, -0.1) is 0 Å². The van der Waals surface area contributed by atoms with Gasteiger partial charge in [0.05, 0.1) is 6.10 Å². The second-order valence-electron chi connectivity index (χ2n) is 4.27. The molecule has 0 aliphatic carbocycles. The maximum Gasteiger partial charge on any atom is 0.131 e. The van der Waals surface area contributed by atoms with Crippen molar-refractivity contribution in [3.63, 3.8) is 0 Å². The van der Waals surface area contributed by atoms with E-state index in [9.17, 15) is 0 Å². The molecule has 0 atom stereocenters. The van der Waals surface area contributed by atoms with E-state index in [4.69, 9.17) is 10.5 Å². The zero-order valence-corrected chi connectivity index (χ0v) is 10.1. The fourth-order valence-electron chi connectivity index (χ4n) is 2.06. The lowest BCUT2D eigenvalue weighted by atomic mass is 10.1. The summed E-state index contributed by atoms with van der Waals surface area (Å²) in [7, 11) is 0. The molecule has 0 radical (unpaired) electrons. The van der Waals surface area contributed by atoms with E-state index in [1.165, 1.54) is 0 Å². The monoisotopic (exact) mass is 236 g/mol. The van der Waals surface area contributed by atoms with Crippen LogP contribution in [-0.4, -0.2) is 42.3 Å². The van der Waals surface area contributed by atoms with E-state index in [0.29, 0.717) is 12.6 Å². The topological polar surface area (TPSA) is 64.3 Å². The highest BCUT2D eigenvalue weighted by Crippen LogP contribution is 2.18. The summed E-state index contributed by atoms with van der Waals surface area (Å²) in [4.78, 5) is 10.5. The molecule has 0 saturated carbocycles. The summed E-state index contributed by atoms with van der Waals surface area (Å²) < 4.78 is 5.77. The van der Waals surface area contributed by atoms with Crippen molar-refractivity contribution in [2.45, 2.75) is 25.4 Å². The van der Waals surface area contributed by atoms with E-state index in [-0.39, 0.29) is 0 Å². The number of aromatic nitrogens is 2. The molecule has 1 aromatic heterocycles. The number of anilines is 1. The summed E-state index contributed by atoms with van der Waals surface area (Å²) in [6.07, 6.45) is 6.85. The van der Waals surface area contributed by atoms with Gasteiger partial charge in [-0.25, -0.2) is 9.97 Å². The third kappa shape index (κ3) is 3.64. The number of nitrogens with zero attached hydrogens (tertiary/aromatic N) is 3. The van der Waals surface area contributed by atoms with Crippen LogP contribution in [0.5, 0.6) is 0 Å². The Morgan fingerprint density at radius 1 is 1.41 bits per heavy atom. The van der Waals surface area contributed by atoms with E-state index in [0.717, 1.165) is 44.8 Å². The summed E-state index contributed by atoms with van der Waals surface area (Å²) >= 11 is 0. The van der Waals surface area contributed by atoms with E-state index in [1.54, 1.807) is 12.5 Å². The van der Waals surface area contributed by atoms with Gasteiger partial charge in [-0.2, -0.15) is 0 Å². The molecule has 0 bridgehead atoms. The molecule has 17 heavy (non-hydrogen) atoms. The Balaban J connectivity index is 1.74. The summed E-state index contributed by atoms with van der Waals surface area (Å²) in [5.41, 5.74) is 5.44. The molecule has 5 nitrogen and oxygen atoms in total. The van der Waals surface area contributed by atoms with Crippen LogP contribution in [0.4, 0.5) is 5.82 Å². The number of hydrogen-bond donors (Lipinski definition) is 1. The first-order valence-corrected chi connectivity index (χ1v) is 6.23. The molecule has 1 fully saturated rings. The largest absolute Gasteiger partial charge is 0.378 e. The predicted molar refractivity (Wildman–Crippen MR) is 66.9 cm³/mol. The second kappa shape index (κ2) is 6.51. The molecule has 1 aromatic rings. The molecule has 0 spiro atoms. The maximum absolute atomic E-state index is 5.77. The summed E-state index contributed by atoms with van der Waals surface area (Å²) in [6, 6.07) is 1.95. The Kier molecular flexibility index (Phi) is 4.70. The first kappa shape index (κ1) is 12.3. The maximum atomic E-state index is 5.77. The van der Waals surface area contributed by atoms with E-state index in [2.05, 4.69) is 14.9 Å². The number of nitrogens with two attached hydrogens (primary N) is 1. The van der Waals surface area contributed by atoms with Crippen molar-refractivity contribution in [1.82, 2.24) is 9.97 Å². The minimum atomic E-state index is 0.389. The van der Waals surface area contributed by atoms with E-state index < -0.39 is 0 Å². The first-order valence-electron chi connectivity index (χ1n) is 6.23. The molecule has 1 saturated heterocycles. The van der Waals surface area contributed by atoms with Crippen LogP contribution in [0, 0.1) is 0 Å². The minimum Gasteiger partial charge on any atom is -0.378 e. The summed E-state index contributed by atoms with van der Waals surface area (Å²) in [5.74, 6) is 1.01. The molecule has 1 aliphatic rings. The van der Waals surface area contributed by atoms with Crippen LogP contribution in [-0.2, 0) is 4.74 Å². The zero-order chi connectivity index (χ0) is 11.9. The van der Waals surface area contributed by atoms with Crippen LogP contribution in [0.3, 0.4) is 0 Å². The van der Waals surface area contributed by atoms with Crippen molar-refractivity contribution in [3.05, 3.63) is 18.6 Å². The van der Waals surface area contributed by atoms with Crippen LogP contribution in [0.15, 0.2) is 18.6 Å². The van der Waals surface area contributed by atoms with Crippen LogP contribution < -0.4 is 10.6 Å². The van der Waals surface area contributed by atoms with Gasteiger partial charge in [0, 0.05) is 25.9 Å². The molecule has 0 amide bonds. The molecule has 94 valence electrons. The molecule has 2 rings (SSSR count). The molecular formula is C12H20N4O. The third-order valence-electron chi connectivity index (χ3n) is 3.03. The van der Waals surface area contributed by atoms with Gasteiger partial charge in [-0.1, -0.05) is 0 Å². The first-order chi connectivity index (χ1) is 8.40. The molecule has 0 unspecified atom stereocenters. The number of ether oxygens (including phenoxy) is 1. The molecule has 2 N–H and O–H groups in total. The van der Waals surface area contributed by atoms with Gasteiger partial charge in [0.1, 0.15) is 12.1 Å². The Bertz CT molecular complexity index is 312. The van der Waals surface area contributed by atoms with Gasteiger partial charge in [-0.3, -0.25) is 0 Å². The van der Waals surface area contributed by atoms with Gasteiger partial charge in [0.25, 0.3) is 0 Å². The van der Waals surface area contributed by atoms with Crippen molar-refractivity contribution in [1.29, 1.82) is 0 Å². The highest BCUT2D eigenvalue weighted by atomic mass is 16.5. The number of rotatable bonds is 5.